The summed E-state index contributed by atoms with van der Waals surface area (Å²) in [5.41, 5.74) is 2.17. The first-order chi connectivity index (χ1) is 12.8. The topological polar surface area (TPSA) is 49.6 Å². The molecule has 1 aliphatic rings. The predicted molar refractivity (Wildman–Crippen MR) is 105 cm³/mol. The number of benzene rings is 1. The first kappa shape index (κ1) is 17.0. The molecule has 1 atom stereocenters. The number of hydrogen-bond donors (Lipinski definition) is 1. The number of hydrogen-bond acceptors (Lipinski definition) is 4. The van der Waals surface area contributed by atoms with Gasteiger partial charge in [0.2, 0.25) is 5.91 Å². The Balaban J connectivity index is 1.41. The summed E-state index contributed by atoms with van der Waals surface area (Å²) in [6, 6.07) is 10.7. The number of aromatic nitrogens is 2. The Bertz CT molecular complexity index is 893. The van der Waals surface area contributed by atoms with Gasteiger partial charge in [-0.05, 0) is 37.6 Å². The second-order valence-corrected chi connectivity index (χ2v) is 7.36. The average molecular weight is 366 g/mol. The van der Waals surface area contributed by atoms with Gasteiger partial charge in [0.15, 0.2) is 4.96 Å². The quantitative estimate of drug-likeness (QED) is 0.681. The number of likely N-dealkylation sites (tertiary alicyclic amines) is 1. The predicted octanol–water partition coefficient (Wildman–Crippen LogP) is 3.36. The van der Waals surface area contributed by atoms with Crippen molar-refractivity contribution >= 4 is 28.3 Å². The van der Waals surface area contributed by atoms with E-state index in [2.05, 4.69) is 39.5 Å². The first-order valence-corrected chi connectivity index (χ1v) is 9.85. The number of carbonyl (C=O) groups is 1. The van der Waals surface area contributed by atoms with E-state index in [4.69, 9.17) is 0 Å². The van der Waals surface area contributed by atoms with E-state index in [1.54, 1.807) is 23.6 Å². The van der Waals surface area contributed by atoms with E-state index in [0.29, 0.717) is 6.54 Å². The van der Waals surface area contributed by atoms with Crippen LogP contribution in [0, 0.1) is 0 Å². The first-order valence-electron chi connectivity index (χ1n) is 8.97. The molecule has 3 aromatic rings. The molecule has 0 spiro atoms. The lowest BCUT2D eigenvalue weighted by molar-refractivity contribution is -0.116. The van der Waals surface area contributed by atoms with Gasteiger partial charge in [-0.1, -0.05) is 30.3 Å². The maximum atomic E-state index is 12.3. The molecule has 0 saturated carbocycles. The van der Waals surface area contributed by atoms with E-state index in [0.717, 1.165) is 23.7 Å². The number of carbonyl (C=O) groups excluding carboxylic acids is 1. The molecular weight excluding hydrogens is 344 g/mol. The van der Waals surface area contributed by atoms with E-state index >= 15 is 0 Å². The number of amides is 1. The van der Waals surface area contributed by atoms with Gasteiger partial charge in [0, 0.05) is 24.2 Å². The van der Waals surface area contributed by atoms with Gasteiger partial charge in [-0.15, -0.1) is 11.3 Å². The number of nitrogens with one attached hydrogen (secondary N) is 1. The molecule has 1 aromatic carbocycles. The van der Waals surface area contributed by atoms with E-state index in [1.807, 2.05) is 28.1 Å². The van der Waals surface area contributed by atoms with Crippen LogP contribution in [-0.2, 0) is 4.79 Å². The Morgan fingerprint density at radius 2 is 2.08 bits per heavy atom. The SMILES string of the molecule is O=C(/C=C/c1cnc2sccn12)NCC(c1ccccc1)N1CCCC1. The summed E-state index contributed by atoms with van der Waals surface area (Å²) in [6.07, 6.45) is 9.61. The van der Waals surface area contributed by atoms with Crippen molar-refractivity contribution < 1.29 is 4.79 Å². The van der Waals surface area contributed by atoms with Gasteiger partial charge in [0.25, 0.3) is 0 Å². The molecule has 3 heterocycles. The molecule has 1 saturated heterocycles. The molecule has 1 fully saturated rings. The van der Waals surface area contributed by atoms with E-state index < -0.39 is 0 Å². The van der Waals surface area contributed by atoms with Crippen molar-refractivity contribution in [2.45, 2.75) is 18.9 Å². The van der Waals surface area contributed by atoms with E-state index in [-0.39, 0.29) is 11.9 Å². The van der Waals surface area contributed by atoms with Crippen molar-refractivity contribution in [2.24, 2.45) is 0 Å². The zero-order chi connectivity index (χ0) is 17.8. The summed E-state index contributed by atoms with van der Waals surface area (Å²) < 4.78 is 1.98. The second-order valence-electron chi connectivity index (χ2n) is 6.49. The van der Waals surface area contributed by atoms with Crippen molar-refractivity contribution in [3.63, 3.8) is 0 Å². The number of imidazole rings is 1. The third-order valence-corrected chi connectivity index (χ3v) is 5.59. The molecule has 26 heavy (non-hydrogen) atoms. The minimum atomic E-state index is -0.0738. The van der Waals surface area contributed by atoms with Gasteiger partial charge in [0.1, 0.15) is 0 Å². The van der Waals surface area contributed by atoms with Gasteiger partial charge in [0.05, 0.1) is 17.9 Å². The van der Waals surface area contributed by atoms with Crippen LogP contribution in [0.1, 0.15) is 30.1 Å². The van der Waals surface area contributed by atoms with Gasteiger partial charge in [-0.25, -0.2) is 4.98 Å². The monoisotopic (exact) mass is 366 g/mol. The molecule has 5 nitrogen and oxygen atoms in total. The fourth-order valence-electron chi connectivity index (χ4n) is 3.47. The van der Waals surface area contributed by atoms with E-state index in [9.17, 15) is 4.79 Å². The van der Waals surface area contributed by atoms with Gasteiger partial charge < -0.3 is 5.32 Å². The zero-order valence-electron chi connectivity index (χ0n) is 14.5. The summed E-state index contributed by atoms with van der Waals surface area (Å²) in [6.45, 7) is 2.81. The molecule has 0 aliphatic carbocycles. The van der Waals surface area contributed by atoms with Crippen LogP contribution in [0.5, 0.6) is 0 Å². The number of rotatable bonds is 6. The summed E-state index contributed by atoms with van der Waals surface area (Å²) >= 11 is 1.58. The smallest absolute Gasteiger partial charge is 0.244 e. The molecule has 134 valence electrons. The third kappa shape index (κ3) is 3.71. The highest BCUT2D eigenvalue weighted by Crippen LogP contribution is 2.24. The molecular formula is C20H22N4OS. The fourth-order valence-corrected chi connectivity index (χ4v) is 4.17. The van der Waals surface area contributed by atoms with Crippen molar-refractivity contribution in [3.05, 3.63) is 65.4 Å². The van der Waals surface area contributed by atoms with Crippen LogP contribution in [0.3, 0.4) is 0 Å². The summed E-state index contributed by atoms with van der Waals surface area (Å²) in [5, 5.41) is 5.05. The summed E-state index contributed by atoms with van der Waals surface area (Å²) in [7, 11) is 0. The maximum absolute atomic E-state index is 12.3. The zero-order valence-corrected chi connectivity index (χ0v) is 15.4. The Hall–Kier alpha value is -2.44. The molecule has 0 bridgehead atoms. The maximum Gasteiger partial charge on any atom is 0.244 e. The summed E-state index contributed by atoms with van der Waals surface area (Å²) in [5.74, 6) is -0.0738. The average Bonchev–Trinajstić information content (AvgIpc) is 3.40. The normalized spacial score (nSPS) is 16.5. The highest BCUT2D eigenvalue weighted by molar-refractivity contribution is 7.15. The van der Waals surface area contributed by atoms with Crippen molar-refractivity contribution in [3.8, 4) is 0 Å². The Morgan fingerprint density at radius 3 is 2.88 bits per heavy atom. The van der Waals surface area contributed by atoms with Crippen LogP contribution in [0.4, 0.5) is 0 Å². The second kappa shape index (κ2) is 7.85. The lowest BCUT2D eigenvalue weighted by atomic mass is 10.1. The minimum absolute atomic E-state index is 0.0738. The standard InChI is InChI=1S/C20H22N4OS/c25-19(9-8-17-14-22-20-24(17)12-13-26-20)21-15-18(23-10-4-5-11-23)16-6-2-1-3-7-16/h1-3,6-9,12-14,18H,4-5,10-11,15H2,(H,21,25)/b9-8+. The molecule has 6 heteroatoms. The number of thiazole rings is 1. The molecule has 1 N–H and O–H groups in total. The van der Waals surface area contributed by atoms with Crippen molar-refractivity contribution in [1.29, 1.82) is 0 Å². The molecule has 1 amide bonds. The van der Waals surface area contributed by atoms with Crippen LogP contribution in [0.15, 0.2) is 54.2 Å². The fraction of sp³-hybridized carbons (Fsp3) is 0.300. The minimum Gasteiger partial charge on any atom is -0.351 e. The molecule has 2 aromatic heterocycles. The lowest BCUT2D eigenvalue weighted by Gasteiger charge is -2.28. The molecule has 4 rings (SSSR count). The van der Waals surface area contributed by atoms with Gasteiger partial charge in [-0.3, -0.25) is 14.1 Å². The van der Waals surface area contributed by atoms with E-state index in [1.165, 1.54) is 18.4 Å². The highest BCUT2D eigenvalue weighted by Gasteiger charge is 2.23. The van der Waals surface area contributed by atoms with Crippen LogP contribution >= 0.6 is 11.3 Å². The summed E-state index contributed by atoms with van der Waals surface area (Å²) in [4.78, 5) is 20.0. The van der Waals surface area contributed by atoms with Gasteiger partial charge in [-0.2, -0.15) is 0 Å². The Kier molecular flexibility index (Phi) is 5.13. The molecule has 0 radical (unpaired) electrons. The third-order valence-electron chi connectivity index (χ3n) is 4.82. The molecule has 1 unspecified atom stereocenters. The Morgan fingerprint density at radius 1 is 1.27 bits per heavy atom. The van der Waals surface area contributed by atoms with Gasteiger partial charge >= 0.3 is 0 Å². The number of nitrogens with zero attached hydrogens (tertiary/aromatic N) is 3. The van der Waals surface area contributed by atoms with Crippen LogP contribution in [-0.4, -0.2) is 39.8 Å². The van der Waals surface area contributed by atoms with Crippen LogP contribution in [0.25, 0.3) is 11.0 Å². The van der Waals surface area contributed by atoms with Crippen LogP contribution < -0.4 is 5.32 Å². The number of fused-ring (bicyclic) bond motifs is 1. The van der Waals surface area contributed by atoms with Crippen molar-refractivity contribution in [2.75, 3.05) is 19.6 Å². The lowest BCUT2D eigenvalue weighted by Crippen LogP contribution is -2.36. The Labute approximate surface area is 157 Å². The van der Waals surface area contributed by atoms with Crippen molar-refractivity contribution in [1.82, 2.24) is 19.6 Å². The highest BCUT2D eigenvalue weighted by atomic mass is 32.1. The largest absolute Gasteiger partial charge is 0.351 e. The van der Waals surface area contributed by atoms with Crippen LogP contribution in [0.2, 0.25) is 0 Å². The molecule has 1 aliphatic heterocycles.